The number of rotatable bonds is 6. The van der Waals surface area contributed by atoms with Crippen molar-refractivity contribution in [3.63, 3.8) is 0 Å². The molecule has 0 unspecified atom stereocenters. The standard InChI is InChI=1S/C12H14N2O2/c15-8-14-12-6-4-10(7-13-12)11(16)5-3-9-1-2-9/h4,6-9H,1-3,5H2,(H,13,14,15). The van der Waals surface area contributed by atoms with E-state index in [2.05, 4.69) is 10.3 Å². The molecule has 0 spiro atoms. The van der Waals surface area contributed by atoms with Crippen LogP contribution in [0.2, 0.25) is 0 Å². The van der Waals surface area contributed by atoms with Gasteiger partial charge in [-0.05, 0) is 24.5 Å². The van der Waals surface area contributed by atoms with Crippen LogP contribution in [0.4, 0.5) is 5.82 Å². The number of amides is 1. The SMILES string of the molecule is O=CNc1ccc(C(=O)CCC2CC2)cn1. The summed E-state index contributed by atoms with van der Waals surface area (Å²) in [5.74, 6) is 1.37. The fourth-order valence-electron chi connectivity index (χ4n) is 1.59. The van der Waals surface area contributed by atoms with E-state index in [9.17, 15) is 9.59 Å². The molecule has 4 nitrogen and oxygen atoms in total. The van der Waals surface area contributed by atoms with Crippen molar-refractivity contribution in [1.29, 1.82) is 0 Å². The van der Waals surface area contributed by atoms with E-state index in [1.165, 1.54) is 19.0 Å². The van der Waals surface area contributed by atoms with Crippen LogP contribution in [0.5, 0.6) is 0 Å². The van der Waals surface area contributed by atoms with Gasteiger partial charge >= 0.3 is 0 Å². The first kappa shape index (κ1) is 10.8. The number of anilines is 1. The molecule has 0 atom stereocenters. The number of nitrogens with one attached hydrogen (secondary N) is 1. The summed E-state index contributed by atoms with van der Waals surface area (Å²) in [5, 5.41) is 2.43. The van der Waals surface area contributed by atoms with Gasteiger partial charge in [0.05, 0.1) is 0 Å². The van der Waals surface area contributed by atoms with Crippen LogP contribution in [-0.2, 0) is 4.79 Å². The quantitative estimate of drug-likeness (QED) is 0.587. The molecule has 2 rings (SSSR count). The lowest BCUT2D eigenvalue weighted by molar-refractivity contribution is -0.105. The van der Waals surface area contributed by atoms with Crippen molar-refractivity contribution >= 4 is 18.0 Å². The second kappa shape index (κ2) is 4.88. The number of pyridine rings is 1. The van der Waals surface area contributed by atoms with Gasteiger partial charge in [-0.25, -0.2) is 4.98 Å². The summed E-state index contributed by atoms with van der Waals surface area (Å²) in [7, 11) is 0. The van der Waals surface area contributed by atoms with E-state index >= 15 is 0 Å². The van der Waals surface area contributed by atoms with E-state index in [4.69, 9.17) is 0 Å². The van der Waals surface area contributed by atoms with Gasteiger partial charge in [-0.1, -0.05) is 12.8 Å². The van der Waals surface area contributed by atoms with Gasteiger partial charge in [-0.2, -0.15) is 0 Å². The van der Waals surface area contributed by atoms with Crippen molar-refractivity contribution in [2.45, 2.75) is 25.7 Å². The van der Waals surface area contributed by atoms with E-state index in [1.54, 1.807) is 12.1 Å². The topological polar surface area (TPSA) is 59.1 Å². The normalized spacial score (nSPS) is 14.5. The molecule has 0 saturated heterocycles. The summed E-state index contributed by atoms with van der Waals surface area (Å²) in [4.78, 5) is 25.8. The van der Waals surface area contributed by atoms with E-state index in [0.29, 0.717) is 24.2 Å². The summed E-state index contributed by atoms with van der Waals surface area (Å²) >= 11 is 0. The molecular formula is C12H14N2O2. The van der Waals surface area contributed by atoms with Gasteiger partial charge in [-0.15, -0.1) is 0 Å². The second-order valence-electron chi connectivity index (χ2n) is 4.10. The van der Waals surface area contributed by atoms with E-state index < -0.39 is 0 Å². The smallest absolute Gasteiger partial charge is 0.212 e. The molecule has 0 aliphatic heterocycles. The number of hydrogen-bond acceptors (Lipinski definition) is 3. The Bertz CT molecular complexity index is 383. The largest absolute Gasteiger partial charge is 0.313 e. The molecule has 1 amide bonds. The summed E-state index contributed by atoms with van der Waals surface area (Å²) in [6.45, 7) is 0. The van der Waals surface area contributed by atoms with Crippen LogP contribution in [0, 0.1) is 5.92 Å². The number of hydrogen-bond donors (Lipinski definition) is 1. The van der Waals surface area contributed by atoms with Gasteiger partial charge in [0.25, 0.3) is 0 Å². The Morgan fingerprint density at radius 3 is 2.88 bits per heavy atom. The molecule has 84 valence electrons. The highest BCUT2D eigenvalue weighted by Gasteiger charge is 2.22. The Balaban J connectivity index is 1.91. The first-order chi connectivity index (χ1) is 7.79. The van der Waals surface area contributed by atoms with Crippen molar-refractivity contribution in [3.8, 4) is 0 Å². The Morgan fingerprint density at radius 2 is 2.31 bits per heavy atom. The van der Waals surface area contributed by atoms with Crippen LogP contribution >= 0.6 is 0 Å². The second-order valence-corrected chi connectivity index (χ2v) is 4.10. The molecule has 1 aromatic rings. The number of ketones is 1. The molecule has 0 radical (unpaired) electrons. The van der Waals surface area contributed by atoms with Crippen LogP contribution in [0.3, 0.4) is 0 Å². The first-order valence-electron chi connectivity index (χ1n) is 5.49. The lowest BCUT2D eigenvalue weighted by Crippen LogP contribution is -2.02. The molecule has 1 aliphatic carbocycles. The summed E-state index contributed by atoms with van der Waals surface area (Å²) in [6.07, 6.45) is 6.22. The highest BCUT2D eigenvalue weighted by molar-refractivity contribution is 5.96. The van der Waals surface area contributed by atoms with Crippen LogP contribution < -0.4 is 5.32 Å². The Labute approximate surface area is 94.1 Å². The number of nitrogens with zero attached hydrogens (tertiary/aromatic N) is 1. The molecule has 0 bridgehead atoms. The average molecular weight is 218 g/mol. The van der Waals surface area contributed by atoms with E-state index in [-0.39, 0.29) is 5.78 Å². The molecule has 4 heteroatoms. The van der Waals surface area contributed by atoms with Gasteiger partial charge in [0, 0.05) is 18.2 Å². The molecular weight excluding hydrogens is 204 g/mol. The number of carbonyl (C=O) groups is 2. The minimum Gasteiger partial charge on any atom is -0.313 e. The minimum atomic E-state index is 0.136. The third kappa shape index (κ3) is 2.89. The summed E-state index contributed by atoms with van der Waals surface area (Å²) in [6, 6.07) is 3.34. The van der Waals surface area contributed by atoms with Crippen molar-refractivity contribution in [3.05, 3.63) is 23.9 Å². The van der Waals surface area contributed by atoms with Gasteiger partial charge in [-0.3, -0.25) is 9.59 Å². The fourth-order valence-corrected chi connectivity index (χ4v) is 1.59. The van der Waals surface area contributed by atoms with Crippen molar-refractivity contribution in [2.24, 2.45) is 5.92 Å². The van der Waals surface area contributed by atoms with Crippen molar-refractivity contribution in [1.82, 2.24) is 4.98 Å². The van der Waals surface area contributed by atoms with Crippen LogP contribution in [-0.4, -0.2) is 17.2 Å². The van der Waals surface area contributed by atoms with Crippen LogP contribution in [0.25, 0.3) is 0 Å². The maximum atomic E-state index is 11.7. The zero-order valence-electron chi connectivity index (χ0n) is 8.98. The third-order valence-corrected chi connectivity index (χ3v) is 2.77. The molecule has 1 saturated carbocycles. The minimum absolute atomic E-state index is 0.136. The number of aromatic nitrogens is 1. The predicted molar refractivity (Wildman–Crippen MR) is 60.2 cm³/mol. The molecule has 16 heavy (non-hydrogen) atoms. The average Bonchev–Trinajstić information content (AvgIpc) is 3.11. The van der Waals surface area contributed by atoms with E-state index in [1.807, 2.05) is 0 Å². The molecule has 1 aromatic heterocycles. The van der Waals surface area contributed by atoms with Gasteiger partial charge in [0.2, 0.25) is 6.41 Å². The Morgan fingerprint density at radius 1 is 1.50 bits per heavy atom. The first-order valence-corrected chi connectivity index (χ1v) is 5.49. The maximum absolute atomic E-state index is 11.7. The van der Waals surface area contributed by atoms with Gasteiger partial charge in [0.15, 0.2) is 5.78 Å². The fraction of sp³-hybridized carbons (Fsp3) is 0.417. The highest BCUT2D eigenvalue weighted by atomic mass is 16.1. The third-order valence-electron chi connectivity index (χ3n) is 2.77. The Kier molecular flexibility index (Phi) is 3.29. The molecule has 0 aromatic carbocycles. The van der Waals surface area contributed by atoms with Crippen molar-refractivity contribution in [2.75, 3.05) is 5.32 Å². The number of carbonyl (C=O) groups excluding carboxylic acids is 2. The molecule has 1 aliphatic rings. The van der Waals surface area contributed by atoms with Gasteiger partial charge in [0.1, 0.15) is 5.82 Å². The van der Waals surface area contributed by atoms with Crippen LogP contribution in [0.1, 0.15) is 36.0 Å². The predicted octanol–water partition coefficient (Wildman–Crippen LogP) is 2.02. The highest BCUT2D eigenvalue weighted by Crippen LogP contribution is 2.33. The summed E-state index contributed by atoms with van der Waals surface area (Å²) in [5.41, 5.74) is 0.622. The van der Waals surface area contributed by atoms with E-state index in [0.717, 1.165) is 12.3 Å². The molecule has 1 N–H and O–H groups in total. The lowest BCUT2D eigenvalue weighted by Gasteiger charge is -2.01. The Hall–Kier alpha value is -1.71. The molecule has 1 heterocycles. The number of Topliss-reactive ketones (excluding diaryl/α,β-unsaturated/α-hetero) is 1. The maximum Gasteiger partial charge on any atom is 0.212 e. The monoisotopic (exact) mass is 218 g/mol. The lowest BCUT2D eigenvalue weighted by atomic mass is 10.1. The zero-order chi connectivity index (χ0) is 11.4. The van der Waals surface area contributed by atoms with Crippen molar-refractivity contribution < 1.29 is 9.59 Å². The van der Waals surface area contributed by atoms with Crippen LogP contribution in [0.15, 0.2) is 18.3 Å². The molecule has 1 fully saturated rings. The van der Waals surface area contributed by atoms with Gasteiger partial charge < -0.3 is 5.32 Å². The summed E-state index contributed by atoms with van der Waals surface area (Å²) < 4.78 is 0. The zero-order valence-corrected chi connectivity index (χ0v) is 8.98.